The van der Waals surface area contributed by atoms with Crippen molar-refractivity contribution in [2.75, 3.05) is 6.16 Å². The highest BCUT2D eigenvalue weighted by molar-refractivity contribution is 8.37. The summed E-state index contributed by atoms with van der Waals surface area (Å²) in [6.45, 7) is 0. The first-order valence-corrected chi connectivity index (χ1v) is 7.28. The average molecular weight is 259 g/mol. The van der Waals surface area contributed by atoms with E-state index in [0.717, 1.165) is 0 Å². The van der Waals surface area contributed by atoms with Gasteiger partial charge in [0.05, 0.1) is 6.42 Å². The Morgan fingerprint density at radius 1 is 1.38 bits per heavy atom. The molecule has 0 aliphatic rings. The molecule has 0 bridgehead atoms. The number of rotatable bonds is 4. The van der Waals surface area contributed by atoms with Crippen LogP contribution in [0.4, 0.5) is 17.4 Å². The number of nitrogens with one attached hydrogen (secondary N) is 1. The fraction of sp³-hybridized carbons (Fsp3) is 1.00. The van der Waals surface area contributed by atoms with Crippen LogP contribution in [0.2, 0.25) is 0 Å². The van der Waals surface area contributed by atoms with Gasteiger partial charge in [-0.15, -0.1) is 0 Å². The lowest BCUT2D eigenvalue weighted by atomic mass is 10.5. The zero-order chi connectivity index (χ0) is 10.7. The third kappa shape index (κ3) is 10.4. The third-order valence-corrected chi connectivity index (χ3v) is 4.19. The van der Waals surface area contributed by atoms with Crippen LogP contribution in [0, 0.1) is 0 Å². The van der Waals surface area contributed by atoms with E-state index in [9.17, 15) is 25.8 Å². The predicted octanol–water partition coefficient (Wildman–Crippen LogP) is 1.93. The second-order valence-corrected chi connectivity index (χ2v) is 6.94. The first kappa shape index (κ1) is 13.5. The molecular formula is C3H7F4NO2P2S. The van der Waals surface area contributed by atoms with E-state index in [2.05, 4.69) is 0 Å². The molecule has 80 valence electrons. The van der Waals surface area contributed by atoms with Crippen molar-refractivity contribution < 1.29 is 25.8 Å². The summed E-state index contributed by atoms with van der Waals surface area (Å²) in [5.41, 5.74) is 0. The molecule has 0 amide bonds. The van der Waals surface area contributed by atoms with Crippen molar-refractivity contribution >= 4 is 26.5 Å². The highest BCUT2D eigenvalue weighted by Gasteiger charge is 2.29. The number of halogens is 4. The van der Waals surface area contributed by atoms with Crippen molar-refractivity contribution in [1.82, 2.24) is 4.49 Å². The van der Waals surface area contributed by atoms with Gasteiger partial charge in [0.25, 0.3) is 0 Å². The largest absolute Gasteiger partial charge is 0.389 e. The Bertz CT molecular complexity index is 253. The van der Waals surface area contributed by atoms with Crippen LogP contribution in [0.5, 0.6) is 0 Å². The zero-order valence-electron chi connectivity index (χ0n) is 6.18. The molecule has 0 fully saturated rings. The van der Waals surface area contributed by atoms with Gasteiger partial charge in [-0.1, -0.05) is 0 Å². The molecule has 0 aliphatic heterocycles. The van der Waals surface area contributed by atoms with Crippen molar-refractivity contribution in [2.45, 2.75) is 12.6 Å². The molecule has 0 rings (SSSR count). The van der Waals surface area contributed by atoms with E-state index in [0.29, 0.717) is 0 Å². The van der Waals surface area contributed by atoms with Crippen molar-refractivity contribution in [1.29, 1.82) is 0 Å². The fourth-order valence-corrected chi connectivity index (χ4v) is 3.36. The van der Waals surface area contributed by atoms with Crippen molar-refractivity contribution in [3.8, 4) is 0 Å². The summed E-state index contributed by atoms with van der Waals surface area (Å²) in [5.74, 6) is 0. The summed E-state index contributed by atoms with van der Waals surface area (Å²) in [7, 11) is -5.35. The lowest BCUT2D eigenvalue weighted by Gasteiger charge is -2.09. The van der Waals surface area contributed by atoms with Gasteiger partial charge in [-0.2, -0.15) is 17.7 Å². The minimum absolute atomic E-state index is 0.855. The van der Waals surface area contributed by atoms with Gasteiger partial charge in [-0.25, -0.2) is 12.6 Å². The highest BCUT2D eigenvalue weighted by Crippen LogP contribution is 2.37. The Labute approximate surface area is 76.2 Å². The molecule has 0 aromatic heterocycles. The lowest BCUT2D eigenvalue weighted by molar-refractivity contribution is -0.130. The number of hydrogen-bond donors (Lipinski definition) is 1. The number of alkyl halides is 3. The maximum absolute atomic E-state index is 12.5. The first-order valence-electron chi connectivity index (χ1n) is 2.90. The average Bonchev–Trinajstić information content (AvgIpc) is 1.78. The van der Waals surface area contributed by atoms with Crippen LogP contribution in [0.25, 0.3) is 0 Å². The Morgan fingerprint density at radius 2 is 1.85 bits per heavy atom. The van der Waals surface area contributed by atoms with Gasteiger partial charge in [-0.3, -0.25) is 0 Å². The third-order valence-electron chi connectivity index (χ3n) is 0.818. The van der Waals surface area contributed by atoms with Crippen molar-refractivity contribution in [3.63, 3.8) is 0 Å². The summed E-state index contributed by atoms with van der Waals surface area (Å²) in [6.07, 6.45) is -6.64. The van der Waals surface area contributed by atoms with Crippen LogP contribution in [0.3, 0.4) is 0 Å². The normalized spacial score (nSPS) is 15.8. The molecule has 3 nitrogen and oxygen atoms in total. The van der Waals surface area contributed by atoms with Crippen molar-refractivity contribution in [3.05, 3.63) is 0 Å². The van der Waals surface area contributed by atoms with Gasteiger partial charge >= 0.3 is 6.18 Å². The van der Waals surface area contributed by atoms with E-state index < -0.39 is 36.8 Å². The molecule has 0 heterocycles. The van der Waals surface area contributed by atoms with Crippen LogP contribution in [-0.4, -0.2) is 20.8 Å². The summed E-state index contributed by atoms with van der Waals surface area (Å²) in [6, 6.07) is 0. The first-order chi connectivity index (χ1) is 5.60. The second kappa shape index (κ2) is 4.82. The van der Waals surface area contributed by atoms with E-state index in [1.807, 2.05) is 0 Å². The van der Waals surface area contributed by atoms with Gasteiger partial charge in [0.1, 0.15) is 0 Å². The Balaban J connectivity index is 3.84. The van der Waals surface area contributed by atoms with E-state index in [1.54, 1.807) is 0 Å². The highest BCUT2D eigenvalue weighted by atomic mass is 32.7. The van der Waals surface area contributed by atoms with Crippen LogP contribution in [-0.2, 0) is 9.64 Å². The van der Waals surface area contributed by atoms with Gasteiger partial charge in [0.15, 0.2) is 8.38 Å². The maximum Gasteiger partial charge on any atom is 0.389 e. The maximum atomic E-state index is 12.5. The Kier molecular flexibility index (Phi) is 5.00. The molecular weight excluding hydrogens is 252 g/mol. The molecule has 0 aromatic carbocycles. The molecule has 0 saturated heterocycles. The quantitative estimate of drug-likeness (QED) is 0.619. The van der Waals surface area contributed by atoms with E-state index >= 15 is 0 Å². The van der Waals surface area contributed by atoms with E-state index in [4.69, 9.17) is 0 Å². The molecule has 0 aliphatic carbocycles. The molecule has 0 aromatic rings. The molecule has 10 heteroatoms. The minimum atomic E-state index is -4.46. The summed E-state index contributed by atoms with van der Waals surface area (Å²) in [5, 5.41) is 0. The molecule has 0 saturated carbocycles. The molecule has 1 N–H and O–H groups in total. The van der Waals surface area contributed by atoms with E-state index in [1.165, 1.54) is 12.9 Å². The Hall–Kier alpha value is 0.490. The topological polar surface area (TPSA) is 46.2 Å². The van der Waals surface area contributed by atoms with Crippen LogP contribution < -0.4 is 4.49 Å². The predicted molar refractivity (Wildman–Crippen MR) is 45.3 cm³/mol. The zero-order valence-corrected chi connectivity index (χ0v) is 9.04. The molecule has 0 spiro atoms. The number of hydrogen-bond acceptors (Lipinski definition) is 2. The van der Waals surface area contributed by atoms with Crippen molar-refractivity contribution in [2.24, 2.45) is 0 Å². The summed E-state index contributed by atoms with van der Waals surface area (Å²) >= 11 is 0. The smallest absolute Gasteiger partial charge is 0.208 e. The molecule has 2 unspecified atom stereocenters. The SMILES string of the molecule is O=S(=O)(P)NP(F)CCC(F)(F)F. The van der Waals surface area contributed by atoms with Gasteiger partial charge in [0.2, 0.25) is 9.64 Å². The van der Waals surface area contributed by atoms with Crippen LogP contribution >= 0.6 is 16.8 Å². The van der Waals surface area contributed by atoms with Crippen LogP contribution in [0.1, 0.15) is 6.42 Å². The molecule has 2 atom stereocenters. The molecule has 0 radical (unpaired) electrons. The standard InChI is InChI=1S/C3H7F4NO2P2S/c4-3(5,6)1-2-12(7)8-13(9,10)11/h8H,1-2,11H2. The van der Waals surface area contributed by atoms with Gasteiger partial charge in [-0.05, 0) is 0 Å². The summed E-state index contributed by atoms with van der Waals surface area (Å²) in [4.78, 5) is 0. The van der Waals surface area contributed by atoms with Crippen LogP contribution in [0.15, 0.2) is 0 Å². The van der Waals surface area contributed by atoms with Gasteiger partial charge < -0.3 is 0 Å². The molecule has 13 heavy (non-hydrogen) atoms. The minimum Gasteiger partial charge on any atom is -0.208 e. The fourth-order valence-electron chi connectivity index (χ4n) is 0.409. The summed E-state index contributed by atoms with van der Waals surface area (Å²) < 4.78 is 69.1. The Morgan fingerprint density at radius 3 is 2.15 bits per heavy atom. The van der Waals surface area contributed by atoms with Gasteiger partial charge in [0, 0.05) is 14.6 Å². The van der Waals surface area contributed by atoms with E-state index in [-0.39, 0.29) is 0 Å². The second-order valence-electron chi connectivity index (χ2n) is 2.09. The monoisotopic (exact) mass is 259 g/mol. The lowest BCUT2D eigenvalue weighted by Crippen LogP contribution is -2.15.